The summed E-state index contributed by atoms with van der Waals surface area (Å²) in [6.07, 6.45) is 3.75. The van der Waals surface area contributed by atoms with Gasteiger partial charge in [0.25, 0.3) is 0 Å². The van der Waals surface area contributed by atoms with Gasteiger partial charge >= 0.3 is 10.8 Å². The molecule has 0 N–H and O–H groups in total. The van der Waals surface area contributed by atoms with Crippen LogP contribution in [0, 0.1) is 0 Å². The summed E-state index contributed by atoms with van der Waals surface area (Å²) in [4.78, 5) is 6.37. The molecule has 0 aliphatic rings. The van der Waals surface area contributed by atoms with Gasteiger partial charge in [0.2, 0.25) is 0 Å². The van der Waals surface area contributed by atoms with Gasteiger partial charge in [-0.15, -0.1) is 0 Å². The molecule has 0 bridgehead atoms. The minimum Gasteiger partial charge on any atom is -0.464 e. The Kier molecular flexibility index (Phi) is 2.49. The number of benzene rings is 1. The van der Waals surface area contributed by atoms with Crippen molar-refractivity contribution in [3.05, 3.63) is 48.8 Å². The summed E-state index contributed by atoms with van der Waals surface area (Å²) in [7, 11) is 1.69. The Hall–Kier alpha value is -1.94. The first-order valence-electron chi connectivity index (χ1n) is 5.29. The van der Waals surface area contributed by atoms with Crippen LogP contribution in [0.3, 0.4) is 0 Å². The van der Waals surface area contributed by atoms with Crippen LogP contribution in [0.5, 0.6) is 5.88 Å². The van der Waals surface area contributed by atoms with Crippen molar-refractivity contribution in [1.82, 2.24) is 4.98 Å². The maximum absolute atomic E-state index is 5.49. The summed E-state index contributed by atoms with van der Waals surface area (Å²) in [5.41, 5.74) is 1.15. The molecule has 0 unspecified atom stereocenters. The zero-order valence-corrected chi connectivity index (χ0v) is 10.1. The van der Waals surface area contributed by atoms with Crippen LogP contribution in [0.4, 0.5) is 0 Å². The van der Waals surface area contributed by atoms with Crippen molar-refractivity contribution in [1.29, 1.82) is 0 Å². The molecule has 4 heteroatoms. The Morgan fingerprint density at radius 3 is 2.76 bits per heavy atom. The third kappa shape index (κ3) is 1.66. The van der Waals surface area contributed by atoms with Gasteiger partial charge in [0.15, 0.2) is 0 Å². The van der Waals surface area contributed by atoms with Gasteiger partial charge in [-0.1, -0.05) is 30.3 Å². The Morgan fingerprint density at radius 2 is 2.00 bits per heavy atom. The lowest BCUT2D eigenvalue weighted by Gasteiger charge is -1.98. The molecule has 84 valence electrons. The maximum atomic E-state index is 5.49. The molecule has 17 heavy (non-hydrogen) atoms. The Morgan fingerprint density at radius 1 is 1.18 bits per heavy atom. The lowest BCUT2D eigenvalue weighted by Crippen LogP contribution is -2.21. The van der Waals surface area contributed by atoms with E-state index in [0.29, 0.717) is 0 Å². The van der Waals surface area contributed by atoms with Crippen LogP contribution in [0.25, 0.3) is 15.4 Å². The first-order valence-corrected chi connectivity index (χ1v) is 6.10. The standard InChI is InChI=1S/C13H11N2OS/c1-16-12-11(10-6-3-2-4-7-10)17-13-14-8-5-9-15(12)13/h2-9H,1H3/q+1. The topological polar surface area (TPSA) is 26.2 Å². The van der Waals surface area contributed by atoms with Crippen molar-refractivity contribution >= 4 is 16.3 Å². The average Bonchev–Trinajstić information content (AvgIpc) is 2.78. The summed E-state index contributed by atoms with van der Waals surface area (Å²) in [6.45, 7) is 0. The van der Waals surface area contributed by atoms with E-state index < -0.39 is 0 Å². The molecule has 3 nitrogen and oxygen atoms in total. The van der Waals surface area contributed by atoms with Gasteiger partial charge in [-0.25, -0.2) is 0 Å². The number of thiazole rings is 1. The van der Waals surface area contributed by atoms with E-state index in [9.17, 15) is 0 Å². The number of nitrogens with zero attached hydrogens (tertiary/aromatic N) is 2. The molecule has 0 fully saturated rings. The molecule has 0 aliphatic heterocycles. The third-order valence-corrected chi connectivity index (χ3v) is 3.65. The van der Waals surface area contributed by atoms with Gasteiger partial charge in [0.05, 0.1) is 7.11 Å². The number of methoxy groups -OCH3 is 1. The number of ether oxygens (including phenoxy) is 1. The van der Waals surface area contributed by atoms with Crippen LogP contribution >= 0.6 is 11.3 Å². The fourth-order valence-electron chi connectivity index (χ4n) is 1.79. The number of aromatic nitrogens is 2. The molecule has 3 aromatic rings. The number of rotatable bonds is 2. The zero-order chi connectivity index (χ0) is 11.7. The van der Waals surface area contributed by atoms with Gasteiger partial charge in [0, 0.05) is 6.07 Å². The van der Waals surface area contributed by atoms with Crippen molar-refractivity contribution in [2.75, 3.05) is 7.11 Å². The van der Waals surface area contributed by atoms with Crippen molar-refractivity contribution in [2.24, 2.45) is 0 Å². The normalized spacial score (nSPS) is 10.6. The molecule has 0 radical (unpaired) electrons. The molecule has 0 aliphatic carbocycles. The molecule has 1 aromatic carbocycles. The summed E-state index contributed by atoms with van der Waals surface area (Å²) < 4.78 is 7.45. The molecule has 2 heterocycles. The fourth-order valence-corrected chi connectivity index (χ4v) is 2.86. The fraction of sp³-hybridized carbons (Fsp3) is 0.0769. The van der Waals surface area contributed by atoms with Crippen molar-refractivity contribution < 1.29 is 9.14 Å². The van der Waals surface area contributed by atoms with Gasteiger partial charge in [-0.05, 0) is 21.9 Å². The van der Waals surface area contributed by atoms with Crippen molar-refractivity contribution in [3.63, 3.8) is 0 Å². The lowest BCUT2D eigenvalue weighted by molar-refractivity contribution is -0.518. The van der Waals surface area contributed by atoms with E-state index in [1.54, 1.807) is 24.6 Å². The molecule has 2 aromatic heterocycles. The number of hydrogen-bond donors (Lipinski definition) is 0. The highest BCUT2D eigenvalue weighted by atomic mass is 32.1. The van der Waals surface area contributed by atoms with Crippen LogP contribution in [0.1, 0.15) is 0 Å². The summed E-state index contributed by atoms with van der Waals surface area (Å²) >= 11 is 1.63. The highest BCUT2D eigenvalue weighted by molar-refractivity contribution is 7.20. The van der Waals surface area contributed by atoms with E-state index >= 15 is 0 Å². The summed E-state index contributed by atoms with van der Waals surface area (Å²) in [5, 5.41) is 0. The number of fused-ring (bicyclic) bond motifs is 1. The van der Waals surface area contributed by atoms with Crippen LogP contribution in [-0.2, 0) is 0 Å². The highest BCUT2D eigenvalue weighted by Gasteiger charge is 2.20. The molecule has 3 rings (SSSR count). The minimum atomic E-state index is 0.837. The van der Waals surface area contributed by atoms with Crippen LogP contribution in [0.2, 0.25) is 0 Å². The zero-order valence-electron chi connectivity index (χ0n) is 9.33. The predicted octanol–water partition coefficient (Wildman–Crippen LogP) is 2.56. The Balaban J connectivity index is 2.30. The SMILES string of the molecule is COc1c(-c2ccccc2)sc2nccc[n+]12. The quantitative estimate of drug-likeness (QED) is 0.647. The van der Waals surface area contributed by atoms with Crippen molar-refractivity contribution in [3.8, 4) is 16.3 Å². The Bertz CT molecular complexity index is 649. The molecule has 0 atom stereocenters. The largest absolute Gasteiger partial charge is 0.464 e. The van der Waals surface area contributed by atoms with E-state index in [1.165, 1.54) is 0 Å². The lowest BCUT2D eigenvalue weighted by atomic mass is 10.2. The van der Waals surface area contributed by atoms with E-state index in [-0.39, 0.29) is 0 Å². The average molecular weight is 243 g/mol. The van der Waals surface area contributed by atoms with Crippen LogP contribution < -0.4 is 9.14 Å². The summed E-state index contributed by atoms with van der Waals surface area (Å²) in [5.74, 6) is 0.837. The van der Waals surface area contributed by atoms with Gasteiger partial charge in [-0.3, -0.25) is 0 Å². The Labute approximate surface area is 103 Å². The minimum absolute atomic E-state index is 0.837. The monoisotopic (exact) mass is 243 g/mol. The van der Waals surface area contributed by atoms with E-state index in [2.05, 4.69) is 17.1 Å². The van der Waals surface area contributed by atoms with Crippen LogP contribution in [-0.4, -0.2) is 12.1 Å². The van der Waals surface area contributed by atoms with Gasteiger partial charge < -0.3 is 4.74 Å². The molecule has 0 amide bonds. The predicted molar refractivity (Wildman–Crippen MR) is 67.3 cm³/mol. The van der Waals surface area contributed by atoms with Crippen molar-refractivity contribution in [2.45, 2.75) is 0 Å². The summed E-state index contributed by atoms with van der Waals surface area (Å²) in [6, 6.07) is 12.1. The molecular weight excluding hydrogens is 232 g/mol. The van der Waals surface area contributed by atoms with Crippen LogP contribution in [0.15, 0.2) is 48.8 Å². The molecular formula is C13H11N2OS+. The molecule has 0 spiro atoms. The first-order chi connectivity index (χ1) is 8.40. The maximum Gasteiger partial charge on any atom is 0.390 e. The highest BCUT2D eigenvalue weighted by Crippen LogP contribution is 2.33. The number of hydrogen-bond acceptors (Lipinski definition) is 3. The van der Waals surface area contributed by atoms with E-state index in [4.69, 9.17) is 4.74 Å². The second-order valence-electron chi connectivity index (χ2n) is 3.58. The first kappa shape index (κ1) is 10.2. The second-order valence-corrected chi connectivity index (χ2v) is 4.56. The molecule has 0 saturated carbocycles. The molecule has 0 saturated heterocycles. The van der Waals surface area contributed by atoms with Gasteiger partial charge in [-0.2, -0.15) is 4.40 Å². The smallest absolute Gasteiger partial charge is 0.390 e. The van der Waals surface area contributed by atoms with Gasteiger partial charge in [0.1, 0.15) is 17.3 Å². The van der Waals surface area contributed by atoms with E-state index in [1.807, 2.05) is 34.9 Å². The third-order valence-electron chi connectivity index (χ3n) is 2.55. The second kappa shape index (κ2) is 4.14. The van der Waals surface area contributed by atoms with E-state index in [0.717, 1.165) is 21.3 Å².